The van der Waals surface area contributed by atoms with E-state index in [9.17, 15) is 0 Å². The van der Waals surface area contributed by atoms with Crippen LogP contribution in [0.15, 0.2) is 212 Å². The Bertz CT molecular complexity index is 2970. The molecule has 1 nitrogen and oxygen atoms in total. The number of rotatable bonds is 5. The van der Waals surface area contributed by atoms with E-state index < -0.39 is 0 Å². The Labute approximate surface area is 321 Å². The number of nitrogens with zero attached hydrogens (tertiary/aromatic N) is 1. The molecule has 1 aromatic heterocycles. The van der Waals surface area contributed by atoms with Crippen molar-refractivity contribution >= 4 is 48.9 Å². The fraction of sp³-hybridized carbons (Fsp3) is 0.0741. The number of para-hydroxylation sites is 2. The van der Waals surface area contributed by atoms with Crippen LogP contribution >= 0.6 is 0 Å². The largest absolute Gasteiger partial charge is 0.309 e. The lowest BCUT2D eigenvalue weighted by atomic mass is 9.75. The van der Waals surface area contributed by atoms with Gasteiger partial charge in [-0.1, -0.05) is 182 Å². The molecule has 0 bridgehead atoms. The van der Waals surface area contributed by atoms with E-state index in [1.165, 1.54) is 88.0 Å². The summed E-state index contributed by atoms with van der Waals surface area (Å²) in [4.78, 5) is 0. The maximum Gasteiger partial charge on any atom is 0.0541 e. The Morgan fingerprint density at radius 3 is 1.98 bits per heavy atom. The van der Waals surface area contributed by atoms with Crippen LogP contribution in [-0.2, 0) is 0 Å². The van der Waals surface area contributed by atoms with Gasteiger partial charge in [-0.05, 0) is 85.8 Å². The van der Waals surface area contributed by atoms with Gasteiger partial charge in [0.05, 0.1) is 16.7 Å². The summed E-state index contributed by atoms with van der Waals surface area (Å²) < 4.78 is 2.45. The van der Waals surface area contributed by atoms with Crippen molar-refractivity contribution in [3.63, 3.8) is 0 Å². The van der Waals surface area contributed by atoms with E-state index in [4.69, 9.17) is 0 Å². The van der Waals surface area contributed by atoms with Crippen molar-refractivity contribution in [3.05, 3.63) is 229 Å². The Hall–Kier alpha value is -6.70. The van der Waals surface area contributed by atoms with Gasteiger partial charge >= 0.3 is 0 Å². The fourth-order valence-electron chi connectivity index (χ4n) is 9.51. The molecule has 7 aromatic carbocycles. The van der Waals surface area contributed by atoms with Crippen molar-refractivity contribution in [3.8, 4) is 16.8 Å². The van der Waals surface area contributed by atoms with Crippen LogP contribution in [0.3, 0.4) is 0 Å². The van der Waals surface area contributed by atoms with Crippen LogP contribution in [0, 0.1) is 5.92 Å². The van der Waals surface area contributed by atoms with Gasteiger partial charge in [-0.25, -0.2) is 0 Å². The zero-order chi connectivity index (χ0) is 36.3. The number of allylic oxidation sites excluding steroid dienone is 12. The highest BCUT2D eigenvalue weighted by molar-refractivity contribution is 6.10. The molecule has 0 saturated carbocycles. The highest BCUT2D eigenvalue weighted by atomic mass is 15.0. The summed E-state index contributed by atoms with van der Waals surface area (Å²) in [6.07, 6.45) is 24.1. The third-order valence-electron chi connectivity index (χ3n) is 12.1. The average Bonchev–Trinajstić information content (AvgIpc) is 3.59. The molecule has 0 saturated heterocycles. The van der Waals surface area contributed by atoms with E-state index >= 15 is 0 Å². The lowest BCUT2D eigenvalue weighted by Crippen LogP contribution is -2.15. The molecule has 3 atom stereocenters. The summed E-state index contributed by atoms with van der Waals surface area (Å²) in [7, 11) is 0. The molecule has 11 rings (SSSR count). The van der Waals surface area contributed by atoms with Crippen LogP contribution in [0.25, 0.3) is 65.7 Å². The first-order valence-corrected chi connectivity index (χ1v) is 19.5. The molecular weight excluding hydrogens is 663 g/mol. The Balaban J connectivity index is 0.990. The summed E-state index contributed by atoms with van der Waals surface area (Å²) >= 11 is 0. The SMILES string of the molecule is C1=CC2=CC=CC(c3cc(C4=CCC(c5ccc(-n6c7ccccc7c7ccccc76)c6ccccc56)C=C4)cc(-c4cccc5ccccc45)c3)C2C=C1. The van der Waals surface area contributed by atoms with Crippen molar-refractivity contribution in [1.29, 1.82) is 0 Å². The molecule has 0 N–H and O–H groups in total. The topological polar surface area (TPSA) is 4.93 Å². The zero-order valence-corrected chi connectivity index (χ0v) is 30.5. The van der Waals surface area contributed by atoms with E-state index in [0.29, 0.717) is 5.92 Å². The van der Waals surface area contributed by atoms with Crippen LogP contribution in [-0.4, -0.2) is 4.57 Å². The predicted octanol–water partition coefficient (Wildman–Crippen LogP) is 14.2. The van der Waals surface area contributed by atoms with E-state index in [0.717, 1.165) is 6.42 Å². The quantitative estimate of drug-likeness (QED) is 0.168. The number of fused-ring (bicyclic) bond motifs is 6. The minimum Gasteiger partial charge on any atom is -0.309 e. The van der Waals surface area contributed by atoms with Crippen molar-refractivity contribution < 1.29 is 0 Å². The third kappa shape index (κ3) is 5.30. The van der Waals surface area contributed by atoms with Gasteiger partial charge in [0.25, 0.3) is 0 Å². The molecule has 3 aliphatic rings. The van der Waals surface area contributed by atoms with Crippen molar-refractivity contribution in [2.24, 2.45) is 5.92 Å². The van der Waals surface area contributed by atoms with Crippen LogP contribution in [0.1, 0.15) is 34.9 Å². The monoisotopic (exact) mass is 701 g/mol. The van der Waals surface area contributed by atoms with E-state index in [2.05, 4.69) is 211 Å². The Morgan fingerprint density at radius 1 is 0.491 bits per heavy atom. The smallest absolute Gasteiger partial charge is 0.0541 e. The summed E-state index contributed by atoms with van der Waals surface area (Å²) in [5.41, 5.74) is 12.9. The molecule has 55 heavy (non-hydrogen) atoms. The molecule has 1 heterocycles. The number of aromatic nitrogens is 1. The minimum absolute atomic E-state index is 0.273. The summed E-state index contributed by atoms with van der Waals surface area (Å²) in [5, 5.41) is 7.73. The van der Waals surface area contributed by atoms with Crippen molar-refractivity contribution in [2.75, 3.05) is 0 Å². The molecule has 0 amide bonds. The second-order valence-corrected chi connectivity index (χ2v) is 15.2. The molecule has 0 aliphatic heterocycles. The lowest BCUT2D eigenvalue weighted by Gasteiger charge is -2.29. The second-order valence-electron chi connectivity index (χ2n) is 15.2. The van der Waals surface area contributed by atoms with Gasteiger partial charge in [-0.3, -0.25) is 0 Å². The maximum atomic E-state index is 2.47. The van der Waals surface area contributed by atoms with Crippen LogP contribution in [0.4, 0.5) is 0 Å². The normalized spacial score (nSPS) is 18.9. The van der Waals surface area contributed by atoms with Crippen LogP contribution in [0.2, 0.25) is 0 Å². The van der Waals surface area contributed by atoms with Crippen LogP contribution in [0.5, 0.6) is 0 Å². The standard InChI is InChI=1S/C54H39N/c1-3-17-43-37(13-1)15-11-23-45(43)41-33-40(34-42(35-41)46-24-12-16-38-14-2-4-18-44(38)46)36-27-29-39(30-28-36)47-31-32-54(49-20-6-5-19-48(47)49)55-52-25-9-7-21-50(52)51-22-8-10-26-53(51)55/h1-29,31-35,39,43,45H,30H2. The number of hydrogen-bond donors (Lipinski definition) is 0. The molecule has 8 aromatic rings. The van der Waals surface area contributed by atoms with Crippen molar-refractivity contribution in [1.82, 2.24) is 4.57 Å². The molecule has 0 fully saturated rings. The van der Waals surface area contributed by atoms with E-state index in [-0.39, 0.29) is 11.8 Å². The average molecular weight is 702 g/mol. The van der Waals surface area contributed by atoms with Gasteiger partial charge in [-0.15, -0.1) is 0 Å². The highest BCUT2D eigenvalue weighted by Crippen LogP contribution is 2.43. The van der Waals surface area contributed by atoms with Gasteiger partial charge < -0.3 is 4.57 Å². The first kappa shape index (κ1) is 31.8. The minimum atomic E-state index is 0.273. The molecule has 0 radical (unpaired) electrons. The molecular formula is C54H39N. The third-order valence-corrected chi connectivity index (χ3v) is 12.1. The molecule has 3 unspecified atom stereocenters. The second kappa shape index (κ2) is 13.0. The predicted molar refractivity (Wildman–Crippen MR) is 234 cm³/mol. The summed E-state index contributed by atoms with van der Waals surface area (Å²) in [6, 6.07) is 54.0. The van der Waals surface area contributed by atoms with Gasteiger partial charge in [0, 0.05) is 33.9 Å². The first-order valence-electron chi connectivity index (χ1n) is 19.5. The van der Waals surface area contributed by atoms with Gasteiger partial charge in [-0.2, -0.15) is 0 Å². The molecule has 0 spiro atoms. The van der Waals surface area contributed by atoms with Gasteiger partial charge in [0.15, 0.2) is 0 Å². The summed E-state index contributed by atoms with van der Waals surface area (Å²) in [5.74, 6) is 0.898. The number of hydrogen-bond acceptors (Lipinski definition) is 0. The molecule has 1 heteroatoms. The Kier molecular flexibility index (Phi) is 7.52. The summed E-state index contributed by atoms with van der Waals surface area (Å²) in [6.45, 7) is 0. The molecule has 260 valence electrons. The zero-order valence-electron chi connectivity index (χ0n) is 30.5. The molecule has 3 aliphatic carbocycles. The number of benzene rings is 7. The lowest BCUT2D eigenvalue weighted by molar-refractivity contribution is 0.670. The maximum absolute atomic E-state index is 2.47. The van der Waals surface area contributed by atoms with Gasteiger partial charge in [0.1, 0.15) is 0 Å². The van der Waals surface area contributed by atoms with Crippen LogP contribution < -0.4 is 0 Å². The Morgan fingerprint density at radius 2 is 1.18 bits per heavy atom. The first-order chi connectivity index (χ1) is 27.3. The highest BCUT2D eigenvalue weighted by Gasteiger charge is 2.26. The fourth-order valence-corrected chi connectivity index (χ4v) is 9.51. The van der Waals surface area contributed by atoms with Crippen molar-refractivity contribution in [2.45, 2.75) is 18.3 Å². The van der Waals surface area contributed by atoms with E-state index in [1.807, 2.05) is 0 Å². The van der Waals surface area contributed by atoms with E-state index in [1.54, 1.807) is 0 Å². The van der Waals surface area contributed by atoms with Gasteiger partial charge in [0.2, 0.25) is 0 Å².